The van der Waals surface area contributed by atoms with Crippen molar-refractivity contribution < 1.29 is 18.0 Å². The molecule has 1 amide bonds. The Bertz CT molecular complexity index is 628. The van der Waals surface area contributed by atoms with Gasteiger partial charge in [-0.05, 0) is 59.9 Å². The summed E-state index contributed by atoms with van der Waals surface area (Å²) in [6.45, 7) is 1.94. The molecule has 0 aliphatic heterocycles. The highest BCUT2D eigenvalue weighted by atomic mass is 79.9. The second-order valence-corrected chi connectivity index (χ2v) is 7.53. The molecule has 1 aromatic rings. The number of hydrogen-bond donors (Lipinski definition) is 1. The van der Waals surface area contributed by atoms with Gasteiger partial charge < -0.3 is 5.32 Å². The van der Waals surface area contributed by atoms with Gasteiger partial charge in [0.25, 0.3) is 5.91 Å². The highest BCUT2D eigenvalue weighted by molar-refractivity contribution is 9.10. The van der Waals surface area contributed by atoms with Gasteiger partial charge in [-0.25, -0.2) is 0 Å². The average Bonchev–Trinajstić information content (AvgIpc) is 3.12. The van der Waals surface area contributed by atoms with Crippen LogP contribution in [0.3, 0.4) is 0 Å². The lowest BCUT2D eigenvalue weighted by Crippen LogP contribution is -2.40. The normalized spacial score (nSPS) is 28.2. The fraction of sp³-hybridized carbons (Fsp3) is 0.733. The Morgan fingerprint density at radius 3 is 2.57 bits per heavy atom. The minimum Gasteiger partial charge on any atom is -0.348 e. The van der Waals surface area contributed by atoms with E-state index in [1.165, 1.54) is 26.3 Å². The maximum atomic E-state index is 12.9. The van der Waals surface area contributed by atoms with Crippen molar-refractivity contribution in [3.8, 4) is 0 Å². The molecule has 8 heteroatoms. The van der Waals surface area contributed by atoms with Crippen LogP contribution in [0.15, 0.2) is 4.47 Å². The van der Waals surface area contributed by atoms with Crippen LogP contribution >= 0.6 is 15.9 Å². The van der Waals surface area contributed by atoms with Crippen LogP contribution in [0.2, 0.25) is 0 Å². The number of carbonyl (C=O) groups excluding carboxylic acids is 1. The molecular formula is C15H19BrF3N3O. The maximum Gasteiger partial charge on any atom is 0.436 e. The monoisotopic (exact) mass is 393 g/mol. The van der Waals surface area contributed by atoms with Crippen molar-refractivity contribution >= 4 is 21.8 Å². The van der Waals surface area contributed by atoms with E-state index in [9.17, 15) is 18.0 Å². The first kappa shape index (κ1) is 16.8. The van der Waals surface area contributed by atoms with Crippen molar-refractivity contribution in [1.82, 2.24) is 15.1 Å². The van der Waals surface area contributed by atoms with Crippen LogP contribution in [0.1, 0.15) is 48.8 Å². The van der Waals surface area contributed by atoms with Crippen LogP contribution in [0.4, 0.5) is 13.2 Å². The van der Waals surface area contributed by atoms with Crippen LogP contribution in [0.5, 0.6) is 0 Å². The minimum absolute atomic E-state index is 0.0473. The second kappa shape index (κ2) is 5.79. The Labute approximate surface area is 140 Å². The Kier molecular flexibility index (Phi) is 4.23. The number of alkyl halides is 3. The number of hydrogen-bond acceptors (Lipinski definition) is 2. The van der Waals surface area contributed by atoms with Gasteiger partial charge in [-0.15, -0.1) is 0 Å². The Balaban J connectivity index is 1.75. The molecule has 2 bridgehead atoms. The van der Waals surface area contributed by atoms with Gasteiger partial charge >= 0.3 is 6.18 Å². The van der Waals surface area contributed by atoms with Crippen LogP contribution in [0.25, 0.3) is 0 Å². The van der Waals surface area contributed by atoms with Gasteiger partial charge in [0.05, 0.1) is 4.47 Å². The number of amides is 1. The molecule has 0 saturated heterocycles. The smallest absolute Gasteiger partial charge is 0.348 e. The first-order chi connectivity index (χ1) is 10.7. The third kappa shape index (κ3) is 3.02. The highest BCUT2D eigenvalue weighted by Crippen LogP contribution is 2.49. The SMILES string of the molecule is CC(NC(=O)c1c(Br)c(C(F)(F)F)nn1C)C1CC2CCC1C2. The largest absolute Gasteiger partial charge is 0.436 e. The molecular weight excluding hydrogens is 375 g/mol. The molecule has 0 spiro atoms. The van der Waals surface area contributed by atoms with Crippen LogP contribution in [0, 0.1) is 17.8 Å². The van der Waals surface area contributed by atoms with Crippen molar-refractivity contribution in [2.75, 3.05) is 0 Å². The molecule has 128 valence electrons. The fourth-order valence-corrected chi connectivity index (χ4v) is 4.96. The summed E-state index contributed by atoms with van der Waals surface area (Å²) < 4.78 is 39.3. The fourth-order valence-electron chi connectivity index (χ4n) is 4.21. The third-order valence-electron chi connectivity index (χ3n) is 5.27. The first-order valence-electron chi connectivity index (χ1n) is 7.79. The number of aromatic nitrogens is 2. The summed E-state index contributed by atoms with van der Waals surface area (Å²) in [6, 6.07) is -0.0473. The van der Waals surface area contributed by atoms with E-state index in [0.29, 0.717) is 11.8 Å². The van der Waals surface area contributed by atoms with Gasteiger partial charge in [-0.2, -0.15) is 18.3 Å². The molecule has 2 fully saturated rings. The van der Waals surface area contributed by atoms with E-state index in [4.69, 9.17) is 0 Å². The summed E-state index contributed by atoms with van der Waals surface area (Å²) in [5.41, 5.74) is -1.16. The lowest BCUT2D eigenvalue weighted by Gasteiger charge is -2.28. The van der Waals surface area contributed by atoms with Crippen molar-refractivity contribution in [3.63, 3.8) is 0 Å². The van der Waals surface area contributed by atoms with E-state index < -0.39 is 17.8 Å². The molecule has 2 aliphatic carbocycles. The maximum absolute atomic E-state index is 12.9. The molecule has 0 radical (unpaired) electrons. The van der Waals surface area contributed by atoms with Gasteiger partial charge in [0.2, 0.25) is 0 Å². The van der Waals surface area contributed by atoms with E-state index in [1.54, 1.807) is 0 Å². The number of halogens is 4. The van der Waals surface area contributed by atoms with Crippen LogP contribution in [-0.4, -0.2) is 21.7 Å². The second-order valence-electron chi connectivity index (χ2n) is 6.73. The Morgan fingerprint density at radius 2 is 2.09 bits per heavy atom. The number of carbonyl (C=O) groups is 1. The van der Waals surface area contributed by atoms with Crippen molar-refractivity contribution in [2.24, 2.45) is 24.8 Å². The number of nitrogens with one attached hydrogen (secondary N) is 1. The summed E-state index contributed by atoms with van der Waals surface area (Å²) in [6.07, 6.45) is 0.198. The van der Waals surface area contributed by atoms with E-state index in [2.05, 4.69) is 26.3 Å². The zero-order chi connectivity index (χ0) is 16.9. The molecule has 4 nitrogen and oxygen atoms in total. The molecule has 2 saturated carbocycles. The van der Waals surface area contributed by atoms with Crippen LogP contribution < -0.4 is 5.32 Å². The molecule has 1 N–H and O–H groups in total. The molecule has 4 atom stereocenters. The Hall–Kier alpha value is -1.05. The molecule has 3 rings (SSSR count). The van der Waals surface area contributed by atoms with Crippen LogP contribution in [-0.2, 0) is 13.2 Å². The molecule has 23 heavy (non-hydrogen) atoms. The van der Waals surface area contributed by atoms with Gasteiger partial charge in [0, 0.05) is 13.1 Å². The third-order valence-corrected chi connectivity index (χ3v) is 6.02. The summed E-state index contributed by atoms with van der Waals surface area (Å²) in [5, 5.41) is 6.30. The number of nitrogens with zero attached hydrogens (tertiary/aromatic N) is 2. The molecule has 1 aromatic heterocycles. The van der Waals surface area contributed by atoms with E-state index in [-0.39, 0.29) is 16.2 Å². The Morgan fingerprint density at radius 1 is 1.39 bits per heavy atom. The van der Waals surface area contributed by atoms with E-state index in [1.807, 2.05) is 6.92 Å². The highest BCUT2D eigenvalue weighted by Gasteiger charge is 2.43. The van der Waals surface area contributed by atoms with Crippen molar-refractivity contribution in [2.45, 2.75) is 44.8 Å². The lowest BCUT2D eigenvalue weighted by molar-refractivity contribution is -0.142. The summed E-state index contributed by atoms with van der Waals surface area (Å²) in [5.74, 6) is 1.30. The van der Waals surface area contributed by atoms with Crippen molar-refractivity contribution in [3.05, 3.63) is 15.9 Å². The molecule has 0 aromatic carbocycles. The molecule has 1 heterocycles. The number of rotatable bonds is 3. The number of aryl methyl sites for hydroxylation is 1. The minimum atomic E-state index is -4.59. The van der Waals surface area contributed by atoms with E-state index >= 15 is 0 Å². The summed E-state index contributed by atoms with van der Waals surface area (Å²) in [4.78, 5) is 12.4. The van der Waals surface area contributed by atoms with Gasteiger partial charge in [0.15, 0.2) is 5.69 Å². The lowest BCUT2D eigenvalue weighted by atomic mass is 9.84. The van der Waals surface area contributed by atoms with Gasteiger partial charge in [-0.1, -0.05) is 6.42 Å². The standard InChI is InChI=1S/C15H19BrF3N3O/c1-7(10-6-8-3-4-9(10)5-8)20-14(23)12-11(16)13(15(17,18)19)21-22(12)2/h7-10H,3-6H2,1-2H3,(H,20,23). The topological polar surface area (TPSA) is 46.9 Å². The summed E-state index contributed by atoms with van der Waals surface area (Å²) >= 11 is 2.88. The number of fused-ring (bicyclic) bond motifs is 2. The predicted molar refractivity (Wildman–Crippen MR) is 81.8 cm³/mol. The zero-order valence-electron chi connectivity index (χ0n) is 13.0. The average molecular weight is 394 g/mol. The summed E-state index contributed by atoms with van der Waals surface area (Å²) in [7, 11) is 1.34. The van der Waals surface area contributed by atoms with Gasteiger partial charge in [-0.3, -0.25) is 9.48 Å². The quantitative estimate of drug-likeness (QED) is 0.849. The van der Waals surface area contributed by atoms with Gasteiger partial charge in [0.1, 0.15) is 5.69 Å². The predicted octanol–water partition coefficient (Wildman–Crippen LogP) is 3.76. The van der Waals surface area contributed by atoms with Crippen molar-refractivity contribution in [1.29, 1.82) is 0 Å². The molecule has 2 aliphatic rings. The first-order valence-corrected chi connectivity index (χ1v) is 8.58. The molecule has 4 unspecified atom stereocenters. The zero-order valence-corrected chi connectivity index (χ0v) is 14.5. The van der Waals surface area contributed by atoms with E-state index in [0.717, 1.165) is 17.0 Å².